The molecule has 108 valence electrons. The predicted molar refractivity (Wildman–Crippen MR) is 88.3 cm³/mol. The van der Waals surface area contributed by atoms with E-state index in [1.807, 2.05) is 0 Å². The fourth-order valence-corrected chi connectivity index (χ4v) is 3.74. The molecule has 1 saturated heterocycles. The average Bonchev–Trinajstić information content (AvgIpc) is 3.07. The summed E-state index contributed by atoms with van der Waals surface area (Å²) in [6, 6.07) is 15.8. The van der Waals surface area contributed by atoms with Gasteiger partial charge in [0.25, 0.3) is 0 Å². The summed E-state index contributed by atoms with van der Waals surface area (Å²) in [5.41, 5.74) is 9.69. The summed E-state index contributed by atoms with van der Waals surface area (Å²) in [6.45, 7) is 1.89. The Morgan fingerprint density at radius 3 is 2.76 bits per heavy atom. The Morgan fingerprint density at radius 1 is 1.14 bits per heavy atom. The lowest BCUT2D eigenvalue weighted by Gasteiger charge is -2.19. The van der Waals surface area contributed by atoms with Gasteiger partial charge in [-0.2, -0.15) is 0 Å². The highest BCUT2D eigenvalue weighted by Gasteiger charge is 2.29. The van der Waals surface area contributed by atoms with Gasteiger partial charge in [0.05, 0.1) is 0 Å². The van der Waals surface area contributed by atoms with Gasteiger partial charge in [-0.05, 0) is 49.7 Å². The van der Waals surface area contributed by atoms with Gasteiger partial charge in [-0.15, -0.1) is 0 Å². The van der Waals surface area contributed by atoms with E-state index in [0.29, 0.717) is 12.0 Å². The van der Waals surface area contributed by atoms with Gasteiger partial charge in [0.15, 0.2) is 0 Å². The summed E-state index contributed by atoms with van der Waals surface area (Å²) < 4.78 is 0. The van der Waals surface area contributed by atoms with Crippen molar-refractivity contribution < 1.29 is 0 Å². The van der Waals surface area contributed by atoms with E-state index in [0.717, 1.165) is 13.1 Å². The highest BCUT2D eigenvalue weighted by Crippen LogP contribution is 2.36. The van der Waals surface area contributed by atoms with E-state index in [9.17, 15) is 0 Å². The quantitative estimate of drug-likeness (QED) is 0.756. The molecule has 2 heterocycles. The molecule has 0 radical (unpaired) electrons. The van der Waals surface area contributed by atoms with Crippen molar-refractivity contribution in [3.8, 4) is 0 Å². The third-order valence-corrected chi connectivity index (χ3v) is 4.88. The summed E-state index contributed by atoms with van der Waals surface area (Å²) in [5.74, 6) is 0.624. The van der Waals surface area contributed by atoms with E-state index in [1.165, 1.54) is 33.8 Å². The Kier molecular flexibility index (Phi) is 2.98. The fraction of sp³-hybridized carbons (Fsp3) is 0.333. The molecule has 1 fully saturated rings. The van der Waals surface area contributed by atoms with Gasteiger partial charge in [-0.1, -0.05) is 24.3 Å². The number of H-pyrrole nitrogens is 1. The zero-order valence-electron chi connectivity index (χ0n) is 12.3. The number of fused-ring (bicyclic) bond motifs is 3. The van der Waals surface area contributed by atoms with Crippen LogP contribution in [-0.2, 0) is 0 Å². The Labute approximate surface area is 124 Å². The topological polar surface area (TPSA) is 45.0 Å². The normalized spacial score (nSPS) is 23.3. The number of benzene rings is 2. The maximum absolute atomic E-state index is 5.85. The highest BCUT2D eigenvalue weighted by molar-refractivity contribution is 6.07. The van der Waals surface area contributed by atoms with Gasteiger partial charge in [-0.3, -0.25) is 4.90 Å². The molecule has 0 spiro atoms. The van der Waals surface area contributed by atoms with Gasteiger partial charge in [0.1, 0.15) is 0 Å². The molecular weight excluding hydrogens is 258 g/mol. The van der Waals surface area contributed by atoms with Crippen LogP contribution in [0.15, 0.2) is 42.5 Å². The van der Waals surface area contributed by atoms with Crippen molar-refractivity contribution >= 4 is 21.8 Å². The number of hydrogen-bond acceptors (Lipinski definition) is 2. The second-order valence-corrected chi connectivity index (χ2v) is 6.27. The Morgan fingerprint density at radius 2 is 1.95 bits per heavy atom. The van der Waals surface area contributed by atoms with Crippen LogP contribution < -0.4 is 5.73 Å². The number of nitrogens with zero attached hydrogens (tertiary/aromatic N) is 1. The van der Waals surface area contributed by atoms with Gasteiger partial charge in [0, 0.05) is 34.4 Å². The van der Waals surface area contributed by atoms with Crippen molar-refractivity contribution in [1.29, 1.82) is 0 Å². The van der Waals surface area contributed by atoms with Crippen LogP contribution in [0.2, 0.25) is 0 Å². The third kappa shape index (κ3) is 2.04. The molecule has 3 N–H and O–H groups in total. The lowest BCUT2D eigenvalue weighted by molar-refractivity contribution is 0.314. The van der Waals surface area contributed by atoms with Crippen LogP contribution in [0.4, 0.5) is 0 Å². The minimum atomic E-state index is 0.497. The molecule has 3 heteroatoms. The number of hydrogen-bond donors (Lipinski definition) is 2. The van der Waals surface area contributed by atoms with E-state index in [-0.39, 0.29) is 0 Å². The summed E-state index contributed by atoms with van der Waals surface area (Å²) in [6.07, 6.45) is 1.17. The second-order valence-electron chi connectivity index (χ2n) is 6.27. The first-order valence-electron chi connectivity index (χ1n) is 7.67. The molecule has 0 amide bonds. The highest BCUT2D eigenvalue weighted by atomic mass is 15.2. The van der Waals surface area contributed by atoms with E-state index in [4.69, 9.17) is 5.73 Å². The molecule has 3 aromatic rings. The summed E-state index contributed by atoms with van der Waals surface area (Å²) >= 11 is 0. The van der Waals surface area contributed by atoms with Crippen LogP contribution in [-0.4, -0.2) is 30.0 Å². The van der Waals surface area contributed by atoms with Crippen LogP contribution in [0, 0.1) is 5.92 Å². The molecule has 1 aromatic heterocycles. The molecule has 2 atom stereocenters. The van der Waals surface area contributed by atoms with Gasteiger partial charge >= 0.3 is 0 Å². The van der Waals surface area contributed by atoms with Crippen LogP contribution in [0.5, 0.6) is 0 Å². The summed E-state index contributed by atoms with van der Waals surface area (Å²) in [5, 5.41) is 2.64. The smallest absolute Gasteiger partial charge is 0.0465 e. The summed E-state index contributed by atoms with van der Waals surface area (Å²) in [4.78, 5) is 5.93. The first-order chi connectivity index (χ1) is 10.3. The number of nitrogens with two attached hydrogens (primary N) is 1. The van der Waals surface area contributed by atoms with E-state index in [1.54, 1.807) is 0 Å². The van der Waals surface area contributed by atoms with E-state index in [2.05, 4.69) is 59.4 Å². The third-order valence-electron chi connectivity index (χ3n) is 4.88. The van der Waals surface area contributed by atoms with Crippen molar-refractivity contribution in [3.05, 3.63) is 48.0 Å². The van der Waals surface area contributed by atoms with Gasteiger partial charge < -0.3 is 10.7 Å². The van der Waals surface area contributed by atoms with Crippen LogP contribution in [0.1, 0.15) is 18.0 Å². The molecule has 1 aliphatic rings. The molecule has 2 aromatic carbocycles. The number of aromatic amines is 1. The minimum Gasteiger partial charge on any atom is -0.355 e. The Bertz CT molecular complexity index is 789. The van der Waals surface area contributed by atoms with Gasteiger partial charge in [0.2, 0.25) is 0 Å². The first kappa shape index (κ1) is 12.9. The Balaban J connectivity index is 1.81. The molecule has 0 bridgehead atoms. The van der Waals surface area contributed by atoms with Crippen molar-refractivity contribution in [2.45, 2.75) is 12.5 Å². The van der Waals surface area contributed by atoms with Crippen LogP contribution in [0.25, 0.3) is 21.8 Å². The molecule has 3 nitrogen and oxygen atoms in total. The number of rotatable bonds is 2. The van der Waals surface area contributed by atoms with Crippen molar-refractivity contribution in [2.75, 3.05) is 20.1 Å². The predicted octanol–water partition coefficient (Wildman–Crippen LogP) is 3.27. The monoisotopic (exact) mass is 279 g/mol. The standard InChI is InChI=1S/C18H21N3/c1-21-11-12(10-19)8-18(21)13-6-7-17-15(9-13)14-4-2-3-5-16(14)20-17/h2-7,9,12,18,20H,8,10-11,19H2,1H3. The number of likely N-dealkylation sites (tertiary alicyclic amines) is 1. The van der Waals surface area contributed by atoms with Crippen LogP contribution >= 0.6 is 0 Å². The SMILES string of the molecule is CN1CC(CN)CC1c1ccc2[nH]c3ccccc3c2c1. The number of aromatic nitrogens is 1. The molecule has 0 aliphatic carbocycles. The lowest BCUT2D eigenvalue weighted by atomic mass is 9.98. The molecular formula is C18H21N3. The average molecular weight is 279 g/mol. The van der Waals surface area contributed by atoms with Crippen molar-refractivity contribution in [2.24, 2.45) is 11.7 Å². The minimum absolute atomic E-state index is 0.497. The molecule has 4 rings (SSSR count). The van der Waals surface area contributed by atoms with Gasteiger partial charge in [-0.25, -0.2) is 0 Å². The lowest BCUT2D eigenvalue weighted by Crippen LogP contribution is -2.20. The van der Waals surface area contributed by atoms with E-state index < -0.39 is 0 Å². The molecule has 21 heavy (non-hydrogen) atoms. The Hall–Kier alpha value is -1.84. The molecule has 2 unspecified atom stereocenters. The maximum atomic E-state index is 5.85. The van der Waals surface area contributed by atoms with Crippen molar-refractivity contribution in [3.63, 3.8) is 0 Å². The maximum Gasteiger partial charge on any atom is 0.0465 e. The zero-order chi connectivity index (χ0) is 14.4. The number of nitrogens with one attached hydrogen (secondary N) is 1. The largest absolute Gasteiger partial charge is 0.355 e. The fourth-order valence-electron chi connectivity index (χ4n) is 3.74. The second kappa shape index (κ2) is 4.86. The van der Waals surface area contributed by atoms with Crippen molar-refractivity contribution in [1.82, 2.24) is 9.88 Å². The number of para-hydroxylation sites is 1. The first-order valence-corrected chi connectivity index (χ1v) is 7.67. The summed E-state index contributed by atoms with van der Waals surface area (Å²) in [7, 11) is 2.21. The van der Waals surface area contributed by atoms with E-state index >= 15 is 0 Å². The molecule has 0 saturated carbocycles. The molecule has 1 aliphatic heterocycles. The zero-order valence-corrected chi connectivity index (χ0v) is 12.3. The van der Waals surface area contributed by atoms with Crippen LogP contribution in [0.3, 0.4) is 0 Å².